The average Bonchev–Trinajstić information content (AvgIpc) is 3.34. The van der Waals surface area contributed by atoms with Crippen molar-refractivity contribution in [2.24, 2.45) is 17.8 Å². The number of ether oxygens (including phenoxy) is 1. The molecule has 0 radical (unpaired) electrons. The van der Waals surface area contributed by atoms with Crippen molar-refractivity contribution in [3.8, 4) is 0 Å². The number of alkyl carbamates (subject to hydrolysis) is 1. The van der Waals surface area contributed by atoms with Crippen molar-refractivity contribution in [2.45, 2.75) is 84.6 Å². The van der Waals surface area contributed by atoms with E-state index in [1.165, 1.54) is 24.3 Å². The number of aliphatic hydroxyl groups is 1. The van der Waals surface area contributed by atoms with Crippen LogP contribution in [0.4, 0.5) is 9.18 Å². The summed E-state index contributed by atoms with van der Waals surface area (Å²) < 4.78 is 18.5. The number of carbonyl (C=O) groups is 3. The van der Waals surface area contributed by atoms with Crippen molar-refractivity contribution >= 4 is 17.8 Å². The number of ketones is 1. The fraction of sp³-hybridized carbons (Fsp3) is 0.640. The molecule has 2 rings (SSSR count). The number of halogens is 1. The molecule has 8 heteroatoms. The van der Waals surface area contributed by atoms with Crippen LogP contribution in [0.3, 0.4) is 0 Å². The minimum atomic E-state index is -1.11. The Bertz CT molecular complexity index is 847. The smallest absolute Gasteiger partial charge is 0.408 e. The molecule has 184 valence electrons. The molecule has 1 aliphatic rings. The third-order valence-electron chi connectivity index (χ3n) is 5.59. The highest BCUT2D eigenvalue weighted by atomic mass is 19.1. The van der Waals surface area contributed by atoms with Gasteiger partial charge in [-0.3, -0.25) is 9.59 Å². The molecule has 0 heterocycles. The Morgan fingerprint density at radius 1 is 1.09 bits per heavy atom. The number of aliphatic hydroxyl groups excluding tert-OH is 1. The van der Waals surface area contributed by atoms with E-state index in [1.807, 2.05) is 27.7 Å². The number of Topliss-reactive ketones (excluding diaryl/α,β-unsaturated/α-hetero) is 1. The van der Waals surface area contributed by atoms with Crippen LogP contribution in [0.5, 0.6) is 0 Å². The third kappa shape index (κ3) is 7.52. The molecule has 2 amide bonds. The first kappa shape index (κ1) is 26.8. The van der Waals surface area contributed by atoms with E-state index in [4.69, 9.17) is 4.74 Å². The first-order valence-electron chi connectivity index (χ1n) is 11.5. The van der Waals surface area contributed by atoms with E-state index in [0.29, 0.717) is 12.0 Å². The molecule has 1 aromatic carbocycles. The molecule has 7 nitrogen and oxygen atoms in total. The second-order valence-corrected chi connectivity index (χ2v) is 10.6. The van der Waals surface area contributed by atoms with E-state index in [2.05, 4.69) is 10.6 Å². The minimum absolute atomic E-state index is 0.117. The van der Waals surface area contributed by atoms with Crippen LogP contribution < -0.4 is 10.6 Å². The molecule has 5 atom stereocenters. The summed E-state index contributed by atoms with van der Waals surface area (Å²) in [6.07, 6.45) is -1.43. The van der Waals surface area contributed by atoms with Gasteiger partial charge in [-0.05, 0) is 56.7 Å². The van der Waals surface area contributed by atoms with Crippen molar-refractivity contribution in [2.75, 3.05) is 0 Å². The Labute approximate surface area is 195 Å². The summed E-state index contributed by atoms with van der Waals surface area (Å²) in [5.74, 6) is -2.24. The molecule has 0 aromatic heterocycles. The number of nitrogens with one attached hydrogen (secondary N) is 2. The molecular formula is C25H37FN2O5. The molecule has 1 aliphatic carbocycles. The third-order valence-corrected chi connectivity index (χ3v) is 5.59. The van der Waals surface area contributed by atoms with E-state index < -0.39 is 53.4 Å². The lowest BCUT2D eigenvalue weighted by Gasteiger charge is -2.30. The SMILES string of the molecule is CC(C)C[C@H](NC(=O)OC(C)(C)C)C(=O)N[C@@H](C(C)C)[C@H](O)C1C(=O)C1c1ccc(F)cc1. The van der Waals surface area contributed by atoms with Crippen molar-refractivity contribution in [1.29, 1.82) is 0 Å². The molecule has 33 heavy (non-hydrogen) atoms. The van der Waals surface area contributed by atoms with Gasteiger partial charge >= 0.3 is 6.09 Å². The molecule has 1 fully saturated rings. The number of hydrogen-bond donors (Lipinski definition) is 3. The molecule has 0 bridgehead atoms. The highest BCUT2D eigenvalue weighted by molar-refractivity contribution is 6.05. The molecule has 0 aliphatic heterocycles. The maximum atomic E-state index is 13.2. The van der Waals surface area contributed by atoms with Gasteiger partial charge < -0.3 is 20.5 Å². The van der Waals surface area contributed by atoms with Crippen LogP contribution in [0.1, 0.15) is 66.4 Å². The highest BCUT2D eigenvalue weighted by Crippen LogP contribution is 2.46. The van der Waals surface area contributed by atoms with Crippen LogP contribution in [-0.4, -0.2) is 46.7 Å². The van der Waals surface area contributed by atoms with Gasteiger partial charge in [0.2, 0.25) is 5.91 Å². The molecular weight excluding hydrogens is 427 g/mol. The predicted octanol–water partition coefficient (Wildman–Crippen LogP) is 3.55. The summed E-state index contributed by atoms with van der Waals surface area (Å²) in [7, 11) is 0. The van der Waals surface area contributed by atoms with Crippen LogP contribution in [0.2, 0.25) is 0 Å². The Kier molecular flexibility index (Phi) is 8.63. The zero-order chi connectivity index (χ0) is 25.1. The molecule has 3 N–H and O–H groups in total. The van der Waals surface area contributed by atoms with Crippen molar-refractivity contribution in [1.82, 2.24) is 10.6 Å². The Morgan fingerprint density at radius 2 is 1.67 bits per heavy atom. The van der Waals surface area contributed by atoms with Crippen molar-refractivity contribution in [3.05, 3.63) is 35.6 Å². The summed E-state index contributed by atoms with van der Waals surface area (Å²) in [6.45, 7) is 12.8. The monoisotopic (exact) mass is 464 g/mol. The lowest BCUT2D eigenvalue weighted by atomic mass is 9.92. The molecule has 0 spiro atoms. The second-order valence-electron chi connectivity index (χ2n) is 10.6. The summed E-state index contributed by atoms with van der Waals surface area (Å²) in [5.41, 5.74) is -0.0649. The zero-order valence-corrected chi connectivity index (χ0v) is 20.5. The Balaban J connectivity index is 2.12. The lowest BCUT2D eigenvalue weighted by molar-refractivity contribution is -0.126. The predicted molar refractivity (Wildman–Crippen MR) is 123 cm³/mol. The van der Waals surface area contributed by atoms with Gasteiger partial charge in [0, 0.05) is 0 Å². The molecule has 1 aromatic rings. The number of benzene rings is 1. The first-order chi connectivity index (χ1) is 15.2. The molecule has 1 saturated carbocycles. The van der Waals surface area contributed by atoms with Crippen LogP contribution in [0.25, 0.3) is 0 Å². The lowest BCUT2D eigenvalue weighted by Crippen LogP contribution is -2.55. The largest absolute Gasteiger partial charge is 0.444 e. The van der Waals surface area contributed by atoms with Gasteiger partial charge in [-0.2, -0.15) is 0 Å². The van der Waals surface area contributed by atoms with Crippen LogP contribution >= 0.6 is 0 Å². The number of hydrogen-bond acceptors (Lipinski definition) is 5. The highest BCUT2D eigenvalue weighted by Gasteiger charge is 2.56. The standard InChI is InChI=1S/C25H37FN2O5/c1-13(2)12-17(27-24(32)33-25(5,6)7)23(31)28-20(14(3)4)22(30)19-18(21(19)29)15-8-10-16(26)11-9-15/h8-11,13-14,17-20,22,30H,12H2,1-7H3,(H,27,32)(H,28,31)/t17-,18?,19?,20-,22+/m0/s1. The number of amides is 2. The normalized spacial score (nSPS) is 20.9. The maximum Gasteiger partial charge on any atom is 0.408 e. The van der Waals surface area contributed by atoms with Crippen LogP contribution in [-0.2, 0) is 14.3 Å². The second kappa shape index (κ2) is 10.6. The van der Waals surface area contributed by atoms with E-state index in [-0.39, 0.29) is 17.6 Å². The van der Waals surface area contributed by atoms with Crippen LogP contribution in [0, 0.1) is 23.6 Å². The van der Waals surface area contributed by atoms with Crippen LogP contribution in [0.15, 0.2) is 24.3 Å². The summed E-state index contributed by atoms with van der Waals surface area (Å²) in [5, 5.41) is 16.5. The maximum absolute atomic E-state index is 13.2. The van der Waals surface area contributed by atoms with E-state index >= 15 is 0 Å². The summed E-state index contributed by atoms with van der Waals surface area (Å²) >= 11 is 0. The zero-order valence-electron chi connectivity index (χ0n) is 20.5. The van der Waals surface area contributed by atoms with E-state index in [0.717, 1.165) is 0 Å². The molecule has 2 unspecified atom stereocenters. The summed E-state index contributed by atoms with van der Waals surface area (Å²) in [4.78, 5) is 37.8. The average molecular weight is 465 g/mol. The van der Waals surface area contributed by atoms with Gasteiger partial charge in [0.15, 0.2) is 0 Å². The van der Waals surface area contributed by atoms with Gasteiger partial charge in [-0.25, -0.2) is 9.18 Å². The minimum Gasteiger partial charge on any atom is -0.444 e. The van der Waals surface area contributed by atoms with Gasteiger partial charge in [-0.15, -0.1) is 0 Å². The van der Waals surface area contributed by atoms with Gasteiger partial charge in [-0.1, -0.05) is 39.8 Å². The topological polar surface area (TPSA) is 105 Å². The van der Waals surface area contributed by atoms with E-state index in [9.17, 15) is 23.9 Å². The van der Waals surface area contributed by atoms with E-state index in [1.54, 1.807) is 20.8 Å². The van der Waals surface area contributed by atoms with Crippen molar-refractivity contribution < 1.29 is 28.6 Å². The van der Waals surface area contributed by atoms with Crippen molar-refractivity contribution in [3.63, 3.8) is 0 Å². The van der Waals surface area contributed by atoms with Gasteiger partial charge in [0.1, 0.15) is 23.2 Å². The molecule has 0 saturated heterocycles. The van der Waals surface area contributed by atoms with Gasteiger partial charge in [0.05, 0.1) is 24.0 Å². The Hall–Kier alpha value is -2.48. The number of carbonyl (C=O) groups excluding carboxylic acids is 3. The fourth-order valence-electron chi connectivity index (χ4n) is 3.95. The number of rotatable bonds is 9. The fourth-order valence-corrected chi connectivity index (χ4v) is 3.95. The summed E-state index contributed by atoms with van der Waals surface area (Å²) in [6, 6.07) is 4.09. The quantitative estimate of drug-likeness (QED) is 0.518. The van der Waals surface area contributed by atoms with Gasteiger partial charge in [0.25, 0.3) is 0 Å². The Morgan fingerprint density at radius 3 is 2.15 bits per heavy atom. The first-order valence-corrected chi connectivity index (χ1v) is 11.5.